The van der Waals surface area contributed by atoms with Crippen molar-refractivity contribution in [3.05, 3.63) is 30.1 Å². The number of thioether (sulfide) groups is 1. The maximum Gasteiger partial charge on any atom is 0.229 e. The quantitative estimate of drug-likeness (QED) is 0.569. The van der Waals surface area contributed by atoms with E-state index in [1.807, 2.05) is 45.3 Å². The van der Waals surface area contributed by atoms with Crippen LogP contribution in [0.25, 0.3) is 0 Å². The number of benzene rings is 1. The summed E-state index contributed by atoms with van der Waals surface area (Å²) in [6, 6.07) is 7.63. The topological polar surface area (TPSA) is 115 Å². The van der Waals surface area contributed by atoms with Crippen molar-refractivity contribution in [2.75, 3.05) is 37.2 Å². The fourth-order valence-electron chi connectivity index (χ4n) is 2.12. The molecule has 3 rings (SSSR count). The van der Waals surface area contributed by atoms with Crippen LogP contribution < -0.4 is 20.7 Å². The molecule has 142 valence electrons. The molecule has 0 aliphatic heterocycles. The Kier molecular flexibility index (Phi) is 5.91. The zero-order valence-electron chi connectivity index (χ0n) is 15.4. The van der Waals surface area contributed by atoms with Crippen LogP contribution in [0.4, 0.5) is 22.7 Å². The third kappa shape index (κ3) is 4.95. The van der Waals surface area contributed by atoms with Gasteiger partial charge in [0.05, 0.1) is 12.4 Å². The zero-order chi connectivity index (χ0) is 19.4. The highest BCUT2D eigenvalue weighted by molar-refractivity contribution is 8.01. The predicted octanol–water partition coefficient (Wildman–Crippen LogP) is 2.98. The van der Waals surface area contributed by atoms with Gasteiger partial charge in [-0.3, -0.25) is 0 Å². The molecule has 9 nitrogen and oxygen atoms in total. The number of nitrogens with one attached hydrogen (secondary N) is 1. The van der Waals surface area contributed by atoms with Gasteiger partial charge in [0.1, 0.15) is 11.6 Å². The van der Waals surface area contributed by atoms with Gasteiger partial charge in [0.2, 0.25) is 17.0 Å². The average molecular weight is 405 g/mol. The number of nitrogens with zero attached hydrogens (tertiary/aromatic N) is 6. The molecule has 2 aromatic heterocycles. The van der Waals surface area contributed by atoms with Crippen LogP contribution in [0.2, 0.25) is 0 Å². The van der Waals surface area contributed by atoms with Crippen LogP contribution in [0.3, 0.4) is 0 Å². The number of methoxy groups -OCH3 is 1. The molecule has 0 radical (unpaired) electrons. The fourth-order valence-corrected chi connectivity index (χ4v) is 4.08. The van der Waals surface area contributed by atoms with Crippen LogP contribution in [-0.4, -0.2) is 46.4 Å². The number of ether oxygens (including phenoxy) is 1. The Bertz CT molecular complexity index is 917. The Hall–Kier alpha value is -2.66. The molecule has 0 saturated heterocycles. The fraction of sp³-hybridized carbons (Fsp3) is 0.312. The minimum absolute atomic E-state index is 0.0494. The lowest BCUT2D eigenvalue weighted by molar-refractivity contribution is 0.415. The molecule has 0 spiro atoms. The van der Waals surface area contributed by atoms with E-state index < -0.39 is 0 Å². The number of hydrogen-bond acceptors (Lipinski definition) is 11. The van der Waals surface area contributed by atoms with Crippen molar-refractivity contribution >= 4 is 45.8 Å². The van der Waals surface area contributed by atoms with E-state index in [-0.39, 0.29) is 11.2 Å². The molecule has 0 aliphatic rings. The first-order chi connectivity index (χ1) is 12.9. The highest BCUT2D eigenvalue weighted by Crippen LogP contribution is 2.37. The van der Waals surface area contributed by atoms with Crippen molar-refractivity contribution < 1.29 is 4.74 Å². The summed E-state index contributed by atoms with van der Waals surface area (Å²) < 4.78 is 6.03. The van der Waals surface area contributed by atoms with Gasteiger partial charge in [-0.25, -0.2) is 0 Å². The maximum absolute atomic E-state index is 5.80. The summed E-state index contributed by atoms with van der Waals surface area (Å²) in [6.45, 7) is 2.00. The number of aromatic nitrogens is 5. The Labute approximate surface area is 165 Å². The summed E-state index contributed by atoms with van der Waals surface area (Å²) in [6.07, 6.45) is 0. The van der Waals surface area contributed by atoms with Crippen LogP contribution in [0.5, 0.6) is 5.75 Å². The largest absolute Gasteiger partial charge is 0.497 e. The Balaban J connectivity index is 1.70. The summed E-state index contributed by atoms with van der Waals surface area (Å²) >= 11 is 2.97. The van der Waals surface area contributed by atoms with Crippen LogP contribution in [0.1, 0.15) is 18.0 Å². The van der Waals surface area contributed by atoms with Gasteiger partial charge >= 0.3 is 0 Å². The molecule has 3 aromatic rings. The Morgan fingerprint density at radius 3 is 2.78 bits per heavy atom. The van der Waals surface area contributed by atoms with Gasteiger partial charge in [0, 0.05) is 25.8 Å². The first kappa shape index (κ1) is 19.1. The van der Waals surface area contributed by atoms with Crippen molar-refractivity contribution in [2.24, 2.45) is 0 Å². The summed E-state index contributed by atoms with van der Waals surface area (Å²) in [5.74, 6) is 2.11. The third-order valence-electron chi connectivity index (χ3n) is 3.43. The van der Waals surface area contributed by atoms with E-state index in [0.29, 0.717) is 16.9 Å². The molecule has 27 heavy (non-hydrogen) atoms. The van der Waals surface area contributed by atoms with Crippen molar-refractivity contribution in [3.8, 4) is 5.75 Å². The van der Waals surface area contributed by atoms with Crippen molar-refractivity contribution in [1.29, 1.82) is 0 Å². The first-order valence-electron chi connectivity index (χ1n) is 8.04. The second-order valence-electron chi connectivity index (χ2n) is 5.74. The van der Waals surface area contributed by atoms with Crippen molar-refractivity contribution in [3.63, 3.8) is 0 Å². The number of nitrogens with two attached hydrogens (primary N) is 1. The lowest BCUT2D eigenvalue weighted by atomic mass is 10.3. The van der Waals surface area contributed by atoms with E-state index in [0.717, 1.165) is 15.8 Å². The molecular formula is C16H20N8OS2. The summed E-state index contributed by atoms with van der Waals surface area (Å²) in [5.41, 5.74) is 6.68. The molecule has 3 N–H and O–H groups in total. The molecule has 0 saturated carbocycles. The predicted molar refractivity (Wildman–Crippen MR) is 109 cm³/mol. The first-order valence-corrected chi connectivity index (χ1v) is 9.74. The van der Waals surface area contributed by atoms with Gasteiger partial charge < -0.3 is 20.7 Å². The molecule has 11 heteroatoms. The molecule has 0 aliphatic carbocycles. The highest BCUT2D eigenvalue weighted by atomic mass is 32.2. The van der Waals surface area contributed by atoms with Gasteiger partial charge in [-0.05, 0) is 19.1 Å². The molecule has 2 heterocycles. The standard InChI is InChI=1S/C16H20N8OS2/c1-9(12-19-13(17)21-14(20-12)24(2)3)26-16-23-22-15(27-16)18-10-6-5-7-11(8-10)25-4/h5-9H,1-4H3,(H,18,22)(H2,17,19,20,21). The normalized spacial score (nSPS) is 11.9. The number of rotatable bonds is 7. The second-order valence-corrected chi connectivity index (χ2v) is 8.30. The number of nitrogen functional groups attached to an aromatic ring is 1. The van der Waals surface area contributed by atoms with Crippen LogP contribution in [0, 0.1) is 0 Å². The Morgan fingerprint density at radius 2 is 2.04 bits per heavy atom. The van der Waals surface area contributed by atoms with Crippen molar-refractivity contribution in [2.45, 2.75) is 16.5 Å². The van der Waals surface area contributed by atoms with Gasteiger partial charge in [0.25, 0.3) is 0 Å². The molecule has 0 bridgehead atoms. The lowest BCUT2D eigenvalue weighted by Crippen LogP contribution is -2.16. The summed E-state index contributed by atoms with van der Waals surface area (Å²) in [4.78, 5) is 14.6. The average Bonchev–Trinajstić information content (AvgIpc) is 3.08. The van der Waals surface area contributed by atoms with E-state index in [1.54, 1.807) is 12.0 Å². The number of anilines is 4. The third-order valence-corrected chi connectivity index (χ3v) is 5.45. The van der Waals surface area contributed by atoms with Crippen LogP contribution in [-0.2, 0) is 0 Å². The SMILES string of the molecule is COc1cccc(Nc2nnc(SC(C)c3nc(N)nc(N(C)C)n3)s2)c1. The molecule has 1 atom stereocenters. The minimum atomic E-state index is -0.0494. The molecule has 1 aromatic carbocycles. The molecular weight excluding hydrogens is 384 g/mol. The molecule has 1 unspecified atom stereocenters. The van der Waals surface area contributed by atoms with Gasteiger partial charge in [-0.2, -0.15) is 15.0 Å². The lowest BCUT2D eigenvalue weighted by Gasteiger charge is -2.13. The van der Waals surface area contributed by atoms with E-state index in [9.17, 15) is 0 Å². The Morgan fingerprint density at radius 1 is 1.22 bits per heavy atom. The van der Waals surface area contributed by atoms with Gasteiger partial charge in [-0.15, -0.1) is 10.2 Å². The minimum Gasteiger partial charge on any atom is -0.497 e. The molecule has 0 amide bonds. The maximum atomic E-state index is 5.80. The monoisotopic (exact) mass is 404 g/mol. The smallest absolute Gasteiger partial charge is 0.229 e. The van der Waals surface area contributed by atoms with Gasteiger partial charge in [-0.1, -0.05) is 29.2 Å². The molecule has 0 fully saturated rings. The van der Waals surface area contributed by atoms with Crippen molar-refractivity contribution in [1.82, 2.24) is 25.1 Å². The van der Waals surface area contributed by atoms with Crippen LogP contribution >= 0.6 is 23.1 Å². The van der Waals surface area contributed by atoms with E-state index >= 15 is 0 Å². The van der Waals surface area contributed by atoms with Crippen LogP contribution in [0.15, 0.2) is 28.6 Å². The number of hydrogen-bond donors (Lipinski definition) is 2. The second kappa shape index (κ2) is 8.35. The van der Waals surface area contributed by atoms with Gasteiger partial charge in [0.15, 0.2) is 4.34 Å². The summed E-state index contributed by atoms with van der Waals surface area (Å²) in [5, 5.41) is 12.3. The zero-order valence-corrected chi connectivity index (χ0v) is 17.0. The van der Waals surface area contributed by atoms with E-state index in [1.165, 1.54) is 23.1 Å². The van der Waals surface area contributed by atoms with E-state index in [2.05, 4.69) is 30.5 Å². The summed E-state index contributed by atoms with van der Waals surface area (Å²) in [7, 11) is 5.35. The van der Waals surface area contributed by atoms with E-state index in [4.69, 9.17) is 10.5 Å². The highest BCUT2D eigenvalue weighted by Gasteiger charge is 2.17.